The van der Waals surface area contributed by atoms with Crippen LogP contribution in [0.4, 0.5) is 0 Å². The molecule has 0 aromatic heterocycles. The first kappa shape index (κ1) is 15.1. The van der Waals surface area contributed by atoms with E-state index in [1.807, 2.05) is 32.0 Å². The first-order valence-corrected chi connectivity index (χ1v) is 6.22. The lowest BCUT2D eigenvalue weighted by Gasteiger charge is -2.10. The zero-order chi connectivity index (χ0) is 14.3. The predicted molar refractivity (Wildman–Crippen MR) is 74.4 cm³/mol. The van der Waals surface area contributed by atoms with Gasteiger partial charge in [-0.3, -0.25) is 0 Å². The van der Waals surface area contributed by atoms with Gasteiger partial charge in [0.25, 0.3) is 0 Å². The maximum atomic E-state index is 11.6. The molecular weight excluding hydrogens is 244 g/mol. The third-order valence-electron chi connectivity index (χ3n) is 2.74. The van der Waals surface area contributed by atoms with Crippen LogP contribution in [0.1, 0.15) is 25.8 Å². The van der Waals surface area contributed by atoms with E-state index in [1.165, 1.54) is 6.08 Å². The molecule has 1 rings (SSSR count). The van der Waals surface area contributed by atoms with Gasteiger partial charge in [0.15, 0.2) is 0 Å². The van der Waals surface area contributed by atoms with Gasteiger partial charge in [-0.05, 0) is 31.6 Å². The first-order valence-electron chi connectivity index (χ1n) is 6.22. The Kier molecular flexibility index (Phi) is 5.93. The second-order valence-electron chi connectivity index (χ2n) is 4.07. The fraction of sp³-hybridized carbons (Fsp3) is 0.400. The molecule has 1 unspecified atom stereocenters. The molecule has 0 aliphatic heterocycles. The van der Waals surface area contributed by atoms with Gasteiger partial charge in [0.2, 0.25) is 0 Å². The third-order valence-corrected chi connectivity index (χ3v) is 2.74. The highest BCUT2D eigenvalue weighted by Gasteiger charge is 2.08. The summed E-state index contributed by atoms with van der Waals surface area (Å²) in [5.74, 6) is 0.918. The van der Waals surface area contributed by atoms with Gasteiger partial charge >= 0.3 is 5.97 Å². The van der Waals surface area contributed by atoms with Gasteiger partial charge in [-0.2, -0.15) is 0 Å². The second-order valence-corrected chi connectivity index (χ2v) is 4.07. The standard InChI is InChI=1S/C15H20O4/c1-5-11(2)19-15(16)10-9-12-13(17-3)7-6-8-14(12)18-4/h6-11H,5H2,1-4H3. The highest BCUT2D eigenvalue weighted by atomic mass is 16.5. The SMILES string of the molecule is CCC(C)OC(=O)C=Cc1c(OC)cccc1OC. The van der Waals surface area contributed by atoms with Crippen LogP contribution in [0.5, 0.6) is 11.5 Å². The van der Waals surface area contributed by atoms with Gasteiger partial charge in [-0.15, -0.1) is 0 Å². The molecule has 1 aromatic rings. The van der Waals surface area contributed by atoms with Crippen LogP contribution in [0, 0.1) is 0 Å². The fourth-order valence-corrected chi connectivity index (χ4v) is 1.52. The van der Waals surface area contributed by atoms with E-state index >= 15 is 0 Å². The van der Waals surface area contributed by atoms with Crippen LogP contribution in [-0.2, 0) is 9.53 Å². The Morgan fingerprint density at radius 3 is 2.32 bits per heavy atom. The zero-order valence-corrected chi connectivity index (χ0v) is 11.8. The number of carbonyl (C=O) groups is 1. The zero-order valence-electron chi connectivity index (χ0n) is 11.8. The van der Waals surface area contributed by atoms with Crippen molar-refractivity contribution in [2.75, 3.05) is 14.2 Å². The summed E-state index contributed by atoms with van der Waals surface area (Å²) in [6.45, 7) is 3.82. The normalized spacial score (nSPS) is 12.2. The molecule has 1 atom stereocenters. The minimum absolute atomic E-state index is 0.0864. The molecule has 1 aromatic carbocycles. The number of hydrogen-bond acceptors (Lipinski definition) is 4. The number of hydrogen-bond donors (Lipinski definition) is 0. The average Bonchev–Trinajstić information content (AvgIpc) is 2.44. The summed E-state index contributed by atoms with van der Waals surface area (Å²) in [4.78, 5) is 11.6. The van der Waals surface area contributed by atoms with E-state index < -0.39 is 0 Å². The topological polar surface area (TPSA) is 44.8 Å². The molecule has 0 heterocycles. The lowest BCUT2D eigenvalue weighted by atomic mass is 10.1. The molecule has 0 bridgehead atoms. The van der Waals surface area contributed by atoms with Crippen molar-refractivity contribution >= 4 is 12.0 Å². The summed E-state index contributed by atoms with van der Waals surface area (Å²) in [7, 11) is 3.15. The van der Waals surface area contributed by atoms with Gasteiger partial charge in [-0.25, -0.2) is 4.79 Å². The molecule has 0 saturated carbocycles. The van der Waals surface area contributed by atoms with Crippen molar-refractivity contribution in [1.29, 1.82) is 0 Å². The highest BCUT2D eigenvalue weighted by molar-refractivity contribution is 5.88. The number of carbonyl (C=O) groups excluding carboxylic acids is 1. The minimum atomic E-state index is -0.373. The lowest BCUT2D eigenvalue weighted by Crippen LogP contribution is -2.11. The molecule has 0 spiro atoms. The average molecular weight is 264 g/mol. The number of methoxy groups -OCH3 is 2. The Balaban J connectivity index is 2.88. The van der Waals surface area contributed by atoms with Crippen LogP contribution in [0.3, 0.4) is 0 Å². The Morgan fingerprint density at radius 1 is 1.26 bits per heavy atom. The lowest BCUT2D eigenvalue weighted by molar-refractivity contribution is -0.142. The van der Waals surface area contributed by atoms with E-state index in [9.17, 15) is 4.79 Å². The maximum Gasteiger partial charge on any atom is 0.331 e. The third kappa shape index (κ3) is 4.32. The van der Waals surface area contributed by atoms with Gasteiger partial charge in [0.05, 0.1) is 25.9 Å². The molecule has 104 valence electrons. The van der Waals surface area contributed by atoms with Crippen LogP contribution >= 0.6 is 0 Å². The van der Waals surface area contributed by atoms with Gasteiger partial charge < -0.3 is 14.2 Å². The van der Waals surface area contributed by atoms with Crippen molar-refractivity contribution in [2.24, 2.45) is 0 Å². The summed E-state index contributed by atoms with van der Waals surface area (Å²) in [5.41, 5.74) is 0.716. The molecule has 4 heteroatoms. The summed E-state index contributed by atoms with van der Waals surface area (Å²) >= 11 is 0. The summed E-state index contributed by atoms with van der Waals surface area (Å²) in [6.07, 6.45) is 3.73. The van der Waals surface area contributed by atoms with Crippen molar-refractivity contribution < 1.29 is 19.0 Å². The fourth-order valence-electron chi connectivity index (χ4n) is 1.52. The predicted octanol–water partition coefficient (Wildman–Crippen LogP) is 3.06. The Bertz CT molecular complexity index is 429. The molecular formula is C15H20O4. The van der Waals surface area contributed by atoms with Gasteiger partial charge in [0.1, 0.15) is 11.5 Å². The number of ether oxygens (including phenoxy) is 3. The maximum absolute atomic E-state index is 11.6. The van der Waals surface area contributed by atoms with E-state index in [-0.39, 0.29) is 12.1 Å². The summed E-state index contributed by atoms with van der Waals surface area (Å²) in [5, 5.41) is 0. The molecule has 0 N–H and O–H groups in total. The molecule has 0 saturated heterocycles. The summed E-state index contributed by atoms with van der Waals surface area (Å²) < 4.78 is 15.6. The smallest absolute Gasteiger partial charge is 0.331 e. The van der Waals surface area contributed by atoms with Crippen molar-refractivity contribution in [3.8, 4) is 11.5 Å². The van der Waals surface area contributed by atoms with Crippen molar-refractivity contribution in [3.05, 3.63) is 29.8 Å². The van der Waals surface area contributed by atoms with Crippen molar-refractivity contribution in [3.63, 3.8) is 0 Å². The van der Waals surface area contributed by atoms with E-state index in [0.717, 1.165) is 6.42 Å². The molecule has 0 fully saturated rings. The van der Waals surface area contributed by atoms with Crippen LogP contribution in [0.15, 0.2) is 24.3 Å². The Morgan fingerprint density at radius 2 is 1.84 bits per heavy atom. The van der Waals surface area contributed by atoms with Crippen LogP contribution in [0.2, 0.25) is 0 Å². The number of rotatable bonds is 6. The van der Waals surface area contributed by atoms with E-state index in [4.69, 9.17) is 14.2 Å². The van der Waals surface area contributed by atoms with E-state index in [0.29, 0.717) is 17.1 Å². The molecule has 0 aliphatic carbocycles. The number of benzene rings is 1. The first-order chi connectivity index (χ1) is 9.12. The largest absolute Gasteiger partial charge is 0.496 e. The molecule has 19 heavy (non-hydrogen) atoms. The molecule has 0 aliphatic rings. The van der Waals surface area contributed by atoms with Crippen LogP contribution < -0.4 is 9.47 Å². The van der Waals surface area contributed by atoms with Crippen molar-refractivity contribution in [2.45, 2.75) is 26.4 Å². The monoisotopic (exact) mass is 264 g/mol. The van der Waals surface area contributed by atoms with Gasteiger partial charge in [-0.1, -0.05) is 13.0 Å². The number of esters is 1. The van der Waals surface area contributed by atoms with E-state index in [1.54, 1.807) is 20.3 Å². The molecule has 0 radical (unpaired) electrons. The summed E-state index contributed by atoms with van der Waals surface area (Å²) in [6, 6.07) is 5.44. The Labute approximate surface area is 114 Å². The van der Waals surface area contributed by atoms with Crippen LogP contribution in [-0.4, -0.2) is 26.3 Å². The van der Waals surface area contributed by atoms with Gasteiger partial charge in [0, 0.05) is 6.08 Å². The highest BCUT2D eigenvalue weighted by Crippen LogP contribution is 2.29. The van der Waals surface area contributed by atoms with Crippen molar-refractivity contribution in [1.82, 2.24) is 0 Å². The molecule has 4 nitrogen and oxygen atoms in total. The minimum Gasteiger partial charge on any atom is -0.496 e. The van der Waals surface area contributed by atoms with E-state index in [2.05, 4.69) is 0 Å². The molecule has 0 amide bonds. The quantitative estimate of drug-likeness (QED) is 0.585. The second kappa shape index (κ2) is 7.46. The Hall–Kier alpha value is -1.97. The van der Waals surface area contributed by atoms with Crippen LogP contribution in [0.25, 0.3) is 6.08 Å².